The first kappa shape index (κ1) is 13.2. The number of hydrogen-bond acceptors (Lipinski definition) is 3. The van der Waals surface area contributed by atoms with Crippen LogP contribution in [0.5, 0.6) is 5.75 Å². The van der Waals surface area contributed by atoms with Gasteiger partial charge in [-0.1, -0.05) is 0 Å². The first-order valence-corrected chi connectivity index (χ1v) is 5.38. The van der Waals surface area contributed by atoms with Crippen molar-refractivity contribution < 1.29 is 14.3 Å². The number of rotatable bonds is 4. The molecular formula is C13H17NO3. The van der Waals surface area contributed by atoms with Crippen LogP contribution in [0.1, 0.15) is 28.4 Å². The van der Waals surface area contributed by atoms with Crippen LogP contribution in [0, 0.1) is 13.8 Å². The molecule has 0 fully saturated rings. The zero-order valence-corrected chi connectivity index (χ0v) is 10.6. The molecule has 0 aliphatic rings. The lowest BCUT2D eigenvalue weighted by molar-refractivity contribution is -0.118. The number of aryl methyl sites for hydroxylation is 2. The van der Waals surface area contributed by atoms with Crippen molar-refractivity contribution in [2.45, 2.75) is 20.8 Å². The number of carbonyl (C=O) groups excluding carboxylic acids is 2. The van der Waals surface area contributed by atoms with Crippen molar-refractivity contribution in [2.75, 3.05) is 13.7 Å². The molecule has 4 heteroatoms. The van der Waals surface area contributed by atoms with Crippen LogP contribution in [0.3, 0.4) is 0 Å². The minimum Gasteiger partial charge on any atom is -0.496 e. The Hall–Kier alpha value is -1.84. The summed E-state index contributed by atoms with van der Waals surface area (Å²) in [6.07, 6.45) is 0. The van der Waals surface area contributed by atoms with Crippen LogP contribution in [0.15, 0.2) is 12.1 Å². The van der Waals surface area contributed by atoms with Gasteiger partial charge in [-0.2, -0.15) is 0 Å². The van der Waals surface area contributed by atoms with Gasteiger partial charge in [0.15, 0.2) is 5.78 Å². The highest BCUT2D eigenvalue weighted by molar-refractivity contribution is 6.01. The Morgan fingerprint density at radius 1 is 1.24 bits per heavy atom. The van der Waals surface area contributed by atoms with E-state index in [9.17, 15) is 9.59 Å². The van der Waals surface area contributed by atoms with E-state index in [4.69, 9.17) is 4.74 Å². The smallest absolute Gasteiger partial charge is 0.217 e. The molecule has 0 saturated heterocycles. The molecule has 0 aliphatic heterocycles. The van der Waals surface area contributed by atoms with Gasteiger partial charge in [-0.05, 0) is 37.1 Å². The summed E-state index contributed by atoms with van der Waals surface area (Å²) in [7, 11) is 1.53. The lowest BCUT2D eigenvalue weighted by Crippen LogP contribution is -2.27. The van der Waals surface area contributed by atoms with Crippen LogP contribution in [-0.4, -0.2) is 25.3 Å². The minimum absolute atomic E-state index is 0.00576. The summed E-state index contributed by atoms with van der Waals surface area (Å²) in [5.74, 6) is 0.171. The fourth-order valence-corrected chi connectivity index (χ4v) is 1.48. The van der Waals surface area contributed by atoms with E-state index >= 15 is 0 Å². The van der Waals surface area contributed by atoms with Gasteiger partial charge < -0.3 is 10.1 Å². The molecular weight excluding hydrogens is 218 g/mol. The average molecular weight is 235 g/mol. The van der Waals surface area contributed by atoms with E-state index in [1.165, 1.54) is 14.0 Å². The van der Waals surface area contributed by atoms with E-state index in [2.05, 4.69) is 5.32 Å². The van der Waals surface area contributed by atoms with Gasteiger partial charge in [0.1, 0.15) is 5.75 Å². The Balaban J connectivity index is 2.99. The van der Waals surface area contributed by atoms with Crippen molar-refractivity contribution in [3.8, 4) is 5.75 Å². The van der Waals surface area contributed by atoms with E-state index in [1.807, 2.05) is 19.9 Å². The van der Waals surface area contributed by atoms with Gasteiger partial charge in [0, 0.05) is 6.92 Å². The number of carbonyl (C=O) groups is 2. The van der Waals surface area contributed by atoms with Gasteiger partial charge in [-0.15, -0.1) is 0 Å². The van der Waals surface area contributed by atoms with Gasteiger partial charge in [0.25, 0.3) is 0 Å². The zero-order chi connectivity index (χ0) is 13.0. The second kappa shape index (κ2) is 5.48. The molecule has 0 aliphatic carbocycles. The number of benzene rings is 1. The van der Waals surface area contributed by atoms with Gasteiger partial charge in [0.05, 0.1) is 19.2 Å². The first-order valence-electron chi connectivity index (χ1n) is 5.38. The molecule has 0 heterocycles. The van der Waals surface area contributed by atoms with E-state index in [-0.39, 0.29) is 18.2 Å². The summed E-state index contributed by atoms with van der Waals surface area (Å²) in [4.78, 5) is 22.7. The molecule has 0 atom stereocenters. The maximum atomic E-state index is 11.9. The normalized spacial score (nSPS) is 9.88. The van der Waals surface area contributed by atoms with Gasteiger partial charge in [-0.3, -0.25) is 9.59 Å². The molecule has 0 aromatic heterocycles. The Kier molecular flexibility index (Phi) is 4.26. The molecule has 0 unspecified atom stereocenters. The van der Waals surface area contributed by atoms with Crippen LogP contribution in [-0.2, 0) is 4.79 Å². The number of Topliss-reactive ketones (excluding diaryl/α,β-unsaturated/α-hetero) is 1. The topological polar surface area (TPSA) is 55.4 Å². The second-order valence-corrected chi connectivity index (χ2v) is 3.97. The lowest BCUT2D eigenvalue weighted by Gasteiger charge is -2.11. The highest BCUT2D eigenvalue weighted by atomic mass is 16.5. The first-order chi connectivity index (χ1) is 7.95. The predicted octanol–water partition coefficient (Wildman–Crippen LogP) is 1.63. The summed E-state index contributed by atoms with van der Waals surface area (Å²) in [6.45, 7) is 5.27. The maximum absolute atomic E-state index is 11.9. The Morgan fingerprint density at radius 3 is 2.35 bits per heavy atom. The molecule has 0 bridgehead atoms. The summed E-state index contributed by atoms with van der Waals surface area (Å²) < 4.78 is 5.18. The van der Waals surface area contributed by atoms with Crippen LogP contribution in [0.25, 0.3) is 0 Å². The fourth-order valence-electron chi connectivity index (χ4n) is 1.48. The summed E-state index contributed by atoms with van der Waals surface area (Å²) in [6, 6.07) is 3.62. The van der Waals surface area contributed by atoms with Crippen LogP contribution in [0.4, 0.5) is 0 Å². The number of nitrogens with one attached hydrogen (secondary N) is 1. The van der Waals surface area contributed by atoms with E-state index in [0.29, 0.717) is 11.3 Å². The Labute approximate surface area is 101 Å². The lowest BCUT2D eigenvalue weighted by atomic mass is 10.0. The molecule has 92 valence electrons. The van der Waals surface area contributed by atoms with Crippen molar-refractivity contribution >= 4 is 11.7 Å². The maximum Gasteiger partial charge on any atom is 0.217 e. The third-order valence-corrected chi connectivity index (χ3v) is 2.61. The van der Waals surface area contributed by atoms with Crippen LogP contribution < -0.4 is 10.1 Å². The van der Waals surface area contributed by atoms with Crippen LogP contribution in [0.2, 0.25) is 0 Å². The largest absolute Gasteiger partial charge is 0.496 e. The molecule has 1 N–H and O–H groups in total. The average Bonchev–Trinajstić information content (AvgIpc) is 2.28. The van der Waals surface area contributed by atoms with E-state index in [1.54, 1.807) is 6.07 Å². The fraction of sp³-hybridized carbons (Fsp3) is 0.385. The summed E-state index contributed by atoms with van der Waals surface area (Å²) in [5.41, 5.74) is 2.60. The quantitative estimate of drug-likeness (QED) is 0.807. The van der Waals surface area contributed by atoms with Gasteiger partial charge in [-0.25, -0.2) is 0 Å². The highest BCUT2D eigenvalue weighted by Crippen LogP contribution is 2.23. The molecule has 4 nitrogen and oxygen atoms in total. The number of ether oxygens (including phenoxy) is 1. The number of methoxy groups -OCH3 is 1. The Bertz CT molecular complexity index is 452. The molecule has 0 saturated carbocycles. The van der Waals surface area contributed by atoms with Gasteiger partial charge in [0.2, 0.25) is 5.91 Å². The molecule has 1 aromatic carbocycles. The molecule has 0 radical (unpaired) electrons. The molecule has 1 rings (SSSR count). The highest BCUT2D eigenvalue weighted by Gasteiger charge is 2.13. The molecule has 1 aromatic rings. The van der Waals surface area contributed by atoms with Crippen molar-refractivity contribution in [3.05, 3.63) is 28.8 Å². The van der Waals surface area contributed by atoms with Gasteiger partial charge >= 0.3 is 0 Å². The second-order valence-electron chi connectivity index (χ2n) is 3.97. The zero-order valence-electron chi connectivity index (χ0n) is 10.6. The standard InChI is InChI=1S/C13H17NO3/c1-8-5-11(12(16)7-14-10(3)15)13(17-4)6-9(8)2/h5-6H,7H2,1-4H3,(H,14,15). The monoisotopic (exact) mass is 235 g/mol. The van der Waals surface area contributed by atoms with Crippen LogP contribution >= 0.6 is 0 Å². The van der Waals surface area contributed by atoms with Crippen molar-refractivity contribution in [1.82, 2.24) is 5.32 Å². The molecule has 0 spiro atoms. The SMILES string of the molecule is COc1cc(C)c(C)cc1C(=O)CNC(C)=O. The third-order valence-electron chi connectivity index (χ3n) is 2.61. The number of ketones is 1. The number of amides is 1. The van der Waals surface area contributed by atoms with Crippen molar-refractivity contribution in [1.29, 1.82) is 0 Å². The van der Waals surface area contributed by atoms with Crippen molar-refractivity contribution in [2.24, 2.45) is 0 Å². The molecule has 1 amide bonds. The minimum atomic E-state index is -0.221. The molecule has 17 heavy (non-hydrogen) atoms. The van der Waals surface area contributed by atoms with Crippen molar-refractivity contribution in [3.63, 3.8) is 0 Å². The third kappa shape index (κ3) is 3.31. The van der Waals surface area contributed by atoms with E-state index < -0.39 is 0 Å². The van der Waals surface area contributed by atoms with E-state index in [0.717, 1.165) is 11.1 Å². The summed E-state index contributed by atoms with van der Waals surface area (Å²) in [5, 5.41) is 2.49. The predicted molar refractivity (Wildman–Crippen MR) is 65.5 cm³/mol. The summed E-state index contributed by atoms with van der Waals surface area (Å²) >= 11 is 0. The Morgan fingerprint density at radius 2 is 1.82 bits per heavy atom. The number of hydrogen-bond donors (Lipinski definition) is 1.